The second-order valence-electron chi connectivity index (χ2n) is 6.69. The van der Waals surface area contributed by atoms with Gasteiger partial charge in [0.05, 0.1) is 23.6 Å². The lowest BCUT2D eigenvalue weighted by Crippen LogP contribution is -2.62. The lowest BCUT2D eigenvalue weighted by atomic mass is 9.58. The number of aliphatic hydroxyl groups is 1. The summed E-state index contributed by atoms with van der Waals surface area (Å²) in [7, 11) is 0. The molecule has 1 spiro atoms. The van der Waals surface area contributed by atoms with Crippen LogP contribution in [0.2, 0.25) is 0 Å². The van der Waals surface area contributed by atoms with E-state index >= 15 is 0 Å². The molecule has 2 aromatic rings. The molecule has 7 heteroatoms. The molecule has 2 fully saturated rings. The van der Waals surface area contributed by atoms with Crippen molar-refractivity contribution in [3.05, 3.63) is 23.4 Å². The van der Waals surface area contributed by atoms with Gasteiger partial charge < -0.3 is 14.4 Å². The number of piperidine rings is 1. The molecule has 0 amide bonds. The van der Waals surface area contributed by atoms with Crippen LogP contribution >= 0.6 is 11.3 Å². The summed E-state index contributed by atoms with van der Waals surface area (Å²) in [4.78, 5) is 7.85. The maximum atomic E-state index is 10.3. The van der Waals surface area contributed by atoms with Crippen molar-refractivity contribution >= 4 is 11.3 Å². The number of aliphatic hydroxyl groups excluding tert-OH is 1. The number of rotatable bonds is 5. The minimum absolute atomic E-state index is 0.0382. The first kappa shape index (κ1) is 16.2. The molecule has 0 aromatic carbocycles. The van der Waals surface area contributed by atoms with E-state index in [1.165, 1.54) is 0 Å². The Balaban J connectivity index is 1.35. The Bertz CT molecular complexity index is 662. The van der Waals surface area contributed by atoms with Crippen LogP contribution in [0.25, 0.3) is 10.7 Å². The van der Waals surface area contributed by atoms with Crippen LogP contribution in [0.3, 0.4) is 0 Å². The van der Waals surface area contributed by atoms with Gasteiger partial charge in [0.1, 0.15) is 0 Å². The zero-order chi connectivity index (χ0) is 16.6. The van der Waals surface area contributed by atoms with Gasteiger partial charge in [-0.05, 0) is 44.3 Å². The van der Waals surface area contributed by atoms with Crippen molar-refractivity contribution in [3.8, 4) is 10.7 Å². The van der Waals surface area contributed by atoms with E-state index in [9.17, 15) is 5.11 Å². The average Bonchev–Trinajstić information content (AvgIpc) is 3.27. The second kappa shape index (κ2) is 6.55. The minimum atomic E-state index is -0.218. The molecule has 2 unspecified atom stereocenters. The SMILES string of the molecule is CCOC1CC(O)C12CCN(Cc1nc(-c3cccs3)no1)CC2. The summed E-state index contributed by atoms with van der Waals surface area (Å²) >= 11 is 1.61. The van der Waals surface area contributed by atoms with E-state index in [0.29, 0.717) is 18.3 Å². The molecule has 6 nitrogen and oxygen atoms in total. The molecule has 0 bridgehead atoms. The predicted octanol–water partition coefficient (Wildman–Crippen LogP) is 2.55. The highest BCUT2D eigenvalue weighted by Crippen LogP contribution is 2.51. The topological polar surface area (TPSA) is 71.6 Å². The van der Waals surface area contributed by atoms with Crippen LogP contribution in [0.15, 0.2) is 22.0 Å². The van der Waals surface area contributed by atoms with Gasteiger partial charge in [-0.25, -0.2) is 0 Å². The van der Waals surface area contributed by atoms with Crippen molar-refractivity contribution in [1.82, 2.24) is 15.0 Å². The Morgan fingerprint density at radius 2 is 2.29 bits per heavy atom. The largest absolute Gasteiger partial charge is 0.392 e. The van der Waals surface area contributed by atoms with Gasteiger partial charge in [-0.15, -0.1) is 11.3 Å². The average molecular weight is 349 g/mol. The van der Waals surface area contributed by atoms with Crippen LogP contribution in [-0.2, 0) is 11.3 Å². The Kier molecular flexibility index (Phi) is 4.42. The van der Waals surface area contributed by atoms with Crippen LogP contribution in [0.4, 0.5) is 0 Å². The first-order valence-corrected chi connectivity index (χ1v) is 9.48. The zero-order valence-electron chi connectivity index (χ0n) is 13.9. The quantitative estimate of drug-likeness (QED) is 0.894. The molecule has 2 atom stereocenters. The first-order valence-electron chi connectivity index (χ1n) is 8.60. The highest BCUT2D eigenvalue weighted by molar-refractivity contribution is 7.13. The summed E-state index contributed by atoms with van der Waals surface area (Å²) in [6.07, 6.45) is 2.70. The summed E-state index contributed by atoms with van der Waals surface area (Å²) in [5.41, 5.74) is -0.0382. The molecule has 3 heterocycles. The fourth-order valence-electron chi connectivity index (χ4n) is 3.96. The van der Waals surface area contributed by atoms with Crippen molar-refractivity contribution in [3.63, 3.8) is 0 Å². The number of aromatic nitrogens is 2. The number of thiophene rings is 1. The fraction of sp³-hybridized carbons (Fsp3) is 0.647. The lowest BCUT2D eigenvalue weighted by molar-refractivity contribution is -0.210. The van der Waals surface area contributed by atoms with Crippen LogP contribution < -0.4 is 0 Å². The monoisotopic (exact) mass is 349 g/mol. The molecular weight excluding hydrogens is 326 g/mol. The maximum Gasteiger partial charge on any atom is 0.241 e. The fourth-order valence-corrected chi connectivity index (χ4v) is 4.61. The van der Waals surface area contributed by atoms with Gasteiger partial charge in [0.2, 0.25) is 11.7 Å². The third kappa shape index (κ3) is 2.79. The van der Waals surface area contributed by atoms with Crippen molar-refractivity contribution in [1.29, 1.82) is 0 Å². The van der Waals surface area contributed by atoms with E-state index in [1.54, 1.807) is 11.3 Å². The predicted molar refractivity (Wildman–Crippen MR) is 90.6 cm³/mol. The van der Waals surface area contributed by atoms with Gasteiger partial charge in [0.25, 0.3) is 0 Å². The van der Waals surface area contributed by atoms with Crippen LogP contribution in [-0.4, -0.2) is 52.1 Å². The molecule has 2 aromatic heterocycles. The van der Waals surface area contributed by atoms with Gasteiger partial charge in [-0.3, -0.25) is 4.90 Å². The molecule has 24 heavy (non-hydrogen) atoms. The maximum absolute atomic E-state index is 10.3. The Labute approximate surface area is 145 Å². The van der Waals surface area contributed by atoms with Gasteiger partial charge in [-0.2, -0.15) is 4.98 Å². The van der Waals surface area contributed by atoms with E-state index in [4.69, 9.17) is 9.26 Å². The highest BCUT2D eigenvalue weighted by Gasteiger charge is 2.55. The standard InChI is InChI=1S/C17H23N3O3S/c1-2-22-14-10-13(21)17(14)5-7-20(8-6-17)11-15-18-16(19-23-15)12-4-3-9-24-12/h3-4,9,13-14,21H,2,5-8,10-11H2,1H3. The molecule has 1 N–H and O–H groups in total. The molecule has 4 rings (SSSR count). The van der Waals surface area contributed by atoms with E-state index in [0.717, 1.165) is 43.8 Å². The Hall–Kier alpha value is -1.28. The van der Waals surface area contributed by atoms with E-state index < -0.39 is 0 Å². The number of hydrogen-bond donors (Lipinski definition) is 1. The molecule has 1 aliphatic carbocycles. The van der Waals surface area contributed by atoms with E-state index in [1.807, 2.05) is 24.4 Å². The summed E-state index contributed by atoms with van der Waals surface area (Å²) in [6.45, 7) is 5.27. The molecule has 1 saturated carbocycles. The van der Waals surface area contributed by atoms with E-state index in [2.05, 4.69) is 15.0 Å². The van der Waals surface area contributed by atoms with Crippen LogP contribution in [0, 0.1) is 5.41 Å². The number of nitrogens with zero attached hydrogens (tertiary/aromatic N) is 3. The van der Waals surface area contributed by atoms with Crippen molar-refractivity contribution in [2.75, 3.05) is 19.7 Å². The van der Waals surface area contributed by atoms with Crippen molar-refractivity contribution in [2.45, 2.75) is 44.9 Å². The minimum Gasteiger partial charge on any atom is -0.392 e. The van der Waals surface area contributed by atoms with Gasteiger partial charge in [-0.1, -0.05) is 11.2 Å². The first-order chi connectivity index (χ1) is 11.7. The molecule has 130 valence electrons. The smallest absolute Gasteiger partial charge is 0.241 e. The summed E-state index contributed by atoms with van der Waals surface area (Å²) in [6, 6.07) is 3.98. The van der Waals surface area contributed by atoms with Crippen molar-refractivity contribution in [2.24, 2.45) is 5.41 Å². The normalized spacial score (nSPS) is 26.6. The molecule has 2 aliphatic rings. The lowest BCUT2D eigenvalue weighted by Gasteiger charge is -2.56. The zero-order valence-corrected chi connectivity index (χ0v) is 14.7. The third-order valence-electron chi connectivity index (χ3n) is 5.47. The second-order valence-corrected chi connectivity index (χ2v) is 7.64. The molecule has 1 saturated heterocycles. The molecule has 0 radical (unpaired) electrons. The van der Waals surface area contributed by atoms with Gasteiger partial charge in [0.15, 0.2) is 0 Å². The molecular formula is C17H23N3O3S. The Morgan fingerprint density at radius 1 is 1.46 bits per heavy atom. The van der Waals surface area contributed by atoms with Crippen LogP contribution in [0.5, 0.6) is 0 Å². The highest BCUT2D eigenvalue weighted by atomic mass is 32.1. The van der Waals surface area contributed by atoms with Gasteiger partial charge >= 0.3 is 0 Å². The summed E-state index contributed by atoms with van der Waals surface area (Å²) in [5, 5.41) is 16.3. The van der Waals surface area contributed by atoms with Crippen LogP contribution in [0.1, 0.15) is 32.1 Å². The summed E-state index contributed by atoms with van der Waals surface area (Å²) in [5.74, 6) is 1.32. The Morgan fingerprint density at radius 3 is 2.96 bits per heavy atom. The van der Waals surface area contributed by atoms with Gasteiger partial charge in [0, 0.05) is 18.4 Å². The van der Waals surface area contributed by atoms with Crippen molar-refractivity contribution < 1.29 is 14.4 Å². The number of ether oxygens (including phenoxy) is 1. The summed E-state index contributed by atoms with van der Waals surface area (Å²) < 4.78 is 11.2. The molecule has 1 aliphatic heterocycles. The third-order valence-corrected chi connectivity index (χ3v) is 6.33. The number of likely N-dealkylation sites (tertiary alicyclic amines) is 1. The number of hydrogen-bond acceptors (Lipinski definition) is 7. The van der Waals surface area contributed by atoms with E-state index in [-0.39, 0.29) is 17.6 Å².